The molecule has 1 aromatic carbocycles. The Morgan fingerprint density at radius 1 is 1.16 bits per heavy atom. The second-order valence-corrected chi connectivity index (χ2v) is 5.56. The van der Waals surface area contributed by atoms with Crippen molar-refractivity contribution in [3.63, 3.8) is 0 Å². The molecule has 1 heterocycles. The first kappa shape index (κ1) is 18.2. The minimum atomic E-state index is -0.403. The Morgan fingerprint density at radius 3 is 2.52 bits per heavy atom. The highest BCUT2D eigenvalue weighted by Crippen LogP contribution is 2.06. The van der Waals surface area contributed by atoms with Gasteiger partial charge < -0.3 is 20.1 Å². The Kier molecular flexibility index (Phi) is 6.27. The van der Waals surface area contributed by atoms with E-state index >= 15 is 0 Å². The zero-order valence-electron chi connectivity index (χ0n) is 14.1. The third-order valence-corrected chi connectivity index (χ3v) is 3.35. The zero-order chi connectivity index (χ0) is 18.2. The third-order valence-electron chi connectivity index (χ3n) is 3.35. The lowest BCUT2D eigenvalue weighted by Crippen LogP contribution is -2.41. The number of nitrogens with zero attached hydrogens (tertiary/aromatic N) is 2. The molecule has 2 rings (SSSR count). The van der Waals surface area contributed by atoms with Crippen LogP contribution in [0.2, 0.25) is 0 Å². The maximum atomic E-state index is 12.0. The maximum absolute atomic E-state index is 12.0. The fraction of sp³-hybridized carbons (Fsp3) is 0.294. The molecular weight excluding hydrogens is 324 g/mol. The molecule has 2 N–H and O–H groups in total. The third kappa shape index (κ3) is 6.09. The van der Waals surface area contributed by atoms with Gasteiger partial charge in [-0.15, -0.1) is 0 Å². The predicted molar refractivity (Wildman–Crippen MR) is 90.7 cm³/mol. The van der Waals surface area contributed by atoms with Crippen molar-refractivity contribution in [2.24, 2.45) is 0 Å². The summed E-state index contributed by atoms with van der Waals surface area (Å²) in [4.78, 5) is 36.9. The molecule has 25 heavy (non-hydrogen) atoms. The van der Waals surface area contributed by atoms with Gasteiger partial charge in [0.2, 0.25) is 17.7 Å². The van der Waals surface area contributed by atoms with Gasteiger partial charge in [0, 0.05) is 13.1 Å². The zero-order valence-corrected chi connectivity index (χ0v) is 14.1. The van der Waals surface area contributed by atoms with E-state index in [2.05, 4.69) is 15.8 Å². The van der Waals surface area contributed by atoms with E-state index in [1.165, 1.54) is 11.9 Å². The predicted octanol–water partition coefficient (Wildman–Crippen LogP) is 0.739. The first-order valence-electron chi connectivity index (χ1n) is 7.72. The monoisotopic (exact) mass is 344 g/mol. The molecule has 1 aromatic heterocycles. The number of carbonyl (C=O) groups is 3. The van der Waals surface area contributed by atoms with E-state index in [-0.39, 0.29) is 31.3 Å². The van der Waals surface area contributed by atoms with Gasteiger partial charge in [0.1, 0.15) is 5.76 Å². The van der Waals surface area contributed by atoms with E-state index in [0.717, 1.165) is 5.56 Å². The molecule has 0 aliphatic carbocycles. The number of likely N-dealkylation sites (N-methyl/N-ethyl adjacent to an activating group) is 1. The summed E-state index contributed by atoms with van der Waals surface area (Å²) < 4.78 is 4.84. The van der Waals surface area contributed by atoms with Gasteiger partial charge in [0.15, 0.2) is 5.82 Å². The Labute approximate surface area is 145 Å². The number of hydrogen-bond donors (Lipinski definition) is 2. The van der Waals surface area contributed by atoms with Gasteiger partial charge in [0.25, 0.3) is 0 Å². The first-order valence-corrected chi connectivity index (χ1v) is 7.72. The Morgan fingerprint density at radius 2 is 1.88 bits per heavy atom. The van der Waals surface area contributed by atoms with Gasteiger partial charge in [-0.25, -0.2) is 0 Å². The molecule has 0 saturated heterocycles. The molecule has 0 unspecified atom stereocenters. The number of aryl methyl sites for hydroxylation is 1. The van der Waals surface area contributed by atoms with Gasteiger partial charge in [-0.2, -0.15) is 0 Å². The standard InChI is InChI=1S/C17H20N4O4/c1-12-8-14(20-25-12)19-16(23)11-21(2)17(24)10-18-15(22)9-13-6-4-3-5-7-13/h3-8H,9-11H2,1-2H3,(H,18,22)(H,19,20,23). The van der Waals surface area contributed by atoms with Crippen LogP contribution < -0.4 is 10.6 Å². The van der Waals surface area contributed by atoms with Gasteiger partial charge in [-0.3, -0.25) is 14.4 Å². The molecule has 0 bridgehead atoms. The number of anilines is 1. The Hall–Kier alpha value is -3.16. The van der Waals surface area contributed by atoms with Crippen molar-refractivity contribution in [3.05, 3.63) is 47.7 Å². The number of aromatic nitrogens is 1. The molecule has 8 nitrogen and oxygen atoms in total. The van der Waals surface area contributed by atoms with E-state index in [1.54, 1.807) is 13.0 Å². The minimum absolute atomic E-state index is 0.153. The van der Waals surface area contributed by atoms with Crippen LogP contribution in [-0.2, 0) is 20.8 Å². The summed E-state index contributed by atoms with van der Waals surface area (Å²) in [5.74, 6) is -0.163. The van der Waals surface area contributed by atoms with Crippen LogP contribution in [0.5, 0.6) is 0 Å². The van der Waals surface area contributed by atoms with Crippen molar-refractivity contribution < 1.29 is 18.9 Å². The summed E-state index contributed by atoms with van der Waals surface area (Å²) in [6.07, 6.45) is 0.198. The number of nitrogens with one attached hydrogen (secondary N) is 2. The Bertz CT molecular complexity index is 742. The van der Waals surface area contributed by atoms with E-state index in [9.17, 15) is 14.4 Å². The number of rotatable bonds is 7. The largest absolute Gasteiger partial charge is 0.360 e. The van der Waals surface area contributed by atoms with E-state index in [0.29, 0.717) is 11.6 Å². The van der Waals surface area contributed by atoms with Crippen molar-refractivity contribution in [1.82, 2.24) is 15.4 Å². The van der Waals surface area contributed by atoms with Gasteiger partial charge >= 0.3 is 0 Å². The summed E-state index contributed by atoms with van der Waals surface area (Å²) in [5, 5.41) is 8.71. The second kappa shape index (κ2) is 8.62. The summed E-state index contributed by atoms with van der Waals surface area (Å²) in [7, 11) is 1.49. The van der Waals surface area contributed by atoms with Crippen molar-refractivity contribution in [3.8, 4) is 0 Å². The lowest BCUT2D eigenvalue weighted by molar-refractivity contribution is -0.134. The van der Waals surface area contributed by atoms with Crippen LogP contribution in [0.3, 0.4) is 0 Å². The summed E-state index contributed by atoms with van der Waals surface area (Å²) >= 11 is 0. The summed E-state index contributed by atoms with van der Waals surface area (Å²) in [5.41, 5.74) is 0.864. The first-order chi connectivity index (χ1) is 11.9. The molecule has 132 valence electrons. The fourth-order valence-corrected chi connectivity index (χ4v) is 2.06. The van der Waals surface area contributed by atoms with E-state index in [1.807, 2.05) is 30.3 Å². The highest BCUT2D eigenvalue weighted by atomic mass is 16.5. The molecular formula is C17H20N4O4. The van der Waals surface area contributed by atoms with Gasteiger partial charge in [-0.1, -0.05) is 35.5 Å². The second-order valence-electron chi connectivity index (χ2n) is 5.56. The molecule has 0 spiro atoms. The van der Waals surface area contributed by atoms with Crippen LogP contribution in [0.1, 0.15) is 11.3 Å². The van der Waals surface area contributed by atoms with E-state index < -0.39 is 5.91 Å². The molecule has 0 fully saturated rings. The molecule has 3 amide bonds. The molecule has 0 saturated carbocycles. The number of benzene rings is 1. The van der Waals surface area contributed by atoms with Crippen LogP contribution in [-0.4, -0.2) is 47.9 Å². The van der Waals surface area contributed by atoms with Crippen LogP contribution in [0, 0.1) is 6.92 Å². The average Bonchev–Trinajstić information content (AvgIpc) is 2.98. The van der Waals surface area contributed by atoms with Gasteiger partial charge in [0.05, 0.1) is 19.5 Å². The van der Waals surface area contributed by atoms with Crippen molar-refractivity contribution in [2.45, 2.75) is 13.3 Å². The highest BCUT2D eigenvalue weighted by Gasteiger charge is 2.15. The molecule has 0 aliphatic rings. The van der Waals surface area contributed by atoms with Crippen LogP contribution in [0.15, 0.2) is 40.9 Å². The van der Waals surface area contributed by atoms with Crippen LogP contribution in [0.25, 0.3) is 0 Å². The summed E-state index contributed by atoms with van der Waals surface area (Å²) in [6, 6.07) is 10.8. The molecule has 0 atom stereocenters. The molecule has 0 radical (unpaired) electrons. The number of amides is 3. The lowest BCUT2D eigenvalue weighted by Gasteiger charge is -2.16. The van der Waals surface area contributed by atoms with Crippen LogP contribution in [0.4, 0.5) is 5.82 Å². The minimum Gasteiger partial charge on any atom is -0.360 e. The fourth-order valence-electron chi connectivity index (χ4n) is 2.06. The van der Waals surface area contributed by atoms with Crippen LogP contribution >= 0.6 is 0 Å². The van der Waals surface area contributed by atoms with E-state index in [4.69, 9.17) is 4.52 Å². The topological polar surface area (TPSA) is 105 Å². The average molecular weight is 344 g/mol. The molecule has 0 aliphatic heterocycles. The maximum Gasteiger partial charge on any atom is 0.245 e. The van der Waals surface area contributed by atoms with Crippen molar-refractivity contribution in [1.29, 1.82) is 0 Å². The Balaban J connectivity index is 1.72. The SMILES string of the molecule is Cc1cc(NC(=O)CN(C)C(=O)CNC(=O)Cc2ccccc2)no1. The molecule has 8 heteroatoms. The van der Waals surface area contributed by atoms with Crippen molar-refractivity contribution >= 4 is 23.5 Å². The smallest absolute Gasteiger partial charge is 0.245 e. The van der Waals surface area contributed by atoms with Crippen molar-refractivity contribution in [2.75, 3.05) is 25.5 Å². The quantitative estimate of drug-likeness (QED) is 0.771. The summed E-state index contributed by atoms with van der Waals surface area (Å²) in [6.45, 7) is 1.38. The number of carbonyl (C=O) groups excluding carboxylic acids is 3. The van der Waals surface area contributed by atoms with Gasteiger partial charge in [-0.05, 0) is 12.5 Å². The number of hydrogen-bond acceptors (Lipinski definition) is 5. The molecule has 2 aromatic rings. The normalized spacial score (nSPS) is 10.2. The lowest BCUT2D eigenvalue weighted by atomic mass is 10.1. The highest BCUT2D eigenvalue weighted by molar-refractivity contribution is 5.94.